The van der Waals surface area contributed by atoms with Crippen molar-refractivity contribution in [1.82, 2.24) is 54.8 Å². The third kappa shape index (κ3) is 29.1. The zero-order valence-electron chi connectivity index (χ0n) is 47.4. The highest BCUT2D eigenvalue weighted by Crippen LogP contribution is 2.39. The number of halogens is 30. The molecule has 15 nitrogen and oxygen atoms in total. The number of nitrogens with one attached hydrogen (secondary N) is 2. The predicted octanol–water partition coefficient (Wildman–Crippen LogP) is 17.9. The van der Waals surface area contributed by atoms with E-state index in [1.54, 1.807) is 45.2 Å². The average molecular weight is 1760 g/mol. The minimum Gasteiger partial charge on any atom is -0.392 e. The maximum atomic E-state index is 13.2. The molecule has 1 aliphatic rings. The summed E-state index contributed by atoms with van der Waals surface area (Å²) in [6, 6.07) is 6.86. The first-order valence-corrected chi connectivity index (χ1v) is 29.4. The number of aromatic nitrogens is 10. The molecule has 0 unspecified atom stereocenters. The van der Waals surface area contributed by atoms with Crippen molar-refractivity contribution in [2.75, 3.05) is 13.1 Å². The Labute approximate surface area is 585 Å². The maximum absolute atomic E-state index is 13.2. The van der Waals surface area contributed by atoms with Crippen LogP contribution in [-0.2, 0) is 62.9 Å². The minimum absolute atomic E-state index is 0.00282. The number of rotatable bonds is 6. The number of pyridine rings is 7. The Balaban J connectivity index is 0.000000301. The lowest BCUT2D eigenvalue weighted by molar-refractivity contribution is -0.139. The normalized spacial score (nSPS) is 13.4. The van der Waals surface area contributed by atoms with Gasteiger partial charge in [-0.1, -0.05) is 58.0 Å². The lowest BCUT2D eigenvalue weighted by Gasteiger charge is -2.32. The molecule has 1 fully saturated rings. The number of piperidine rings is 1. The third-order valence-electron chi connectivity index (χ3n) is 11.2. The summed E-state index contributed by atoms with van der Waals surface area (Å²) in [5.74, 6) is -2.79. The lowest BCUT2D eigenvalue weighted by Crippen LogP contribution is -2.42. The van der Waals surface area contributed by atoms with Crippen LogP contribution in [0.15, 0.2) is 114 Å². The van der Waals surface area contributed by atoms with E-state index in [0.717, 1.165) is 61.1 Å². The number of aromatic amines is 2. The highest BCUT2D eigenvalue weighted by atomic mass is 127. The van der Waals surface area contributed by atoms with E-state index in [9.17, 15) is 115 Å². The van der Waals surface area contributed by atoms with Crippen LogP contribution in [0.2, 0.25) is 25.8 Å². The molecule has 536 valence electrons. The Bertz CT molecular complexity index is 4030. The molecule has 9 heterocycles. The molecule has 0 saturated carbocycles. The molecule has 3 N–H and O–H groups in total. The van der Waals surface area contributed by atoms with E-state index in [0.29, 0.717) is 31.7 Å². The number of aliphatic hydroxyl groups is 1. The second-order valence-corrected chi connectivity index (χ2v) is 22.9. The number of carbonyl (C=O) groups excluding carboxylic acids is 1. The second kappa shape index (κ2) is 36.3. The first-order valence-electron chi connectivity index (χ1n) is 25.3. The largest absolute Gasteiger partial charge is 0.421 e. The van der Waals surface area contributed by atoms with Crippen LogP contribution in [0.4, 0.5) is 101 Å². The van der Waals surface area contributed by atoms with Gasteiger partial charge < -0.3 is 15.1 Å². The number of H-pyrrole nitrogens is 2. The van der Waals surface area contributed by atoms with Crippen LogP contribution < -0.4 is 11.1 Å². The molecule has 0 aliphatic carbocycles. The van der Waals surface area contributed by atoms with Crippen molar-refractivity contribution < 1.29 is 111 Å². The molecule has 9 rings (SSSR count). The van der Waals surface area contributed by atoms with Gasteiger partial charge in [-0.05, 0) is 123 Å². The first kappa shape index (κ1) is 85.9. The number of aliphatic hydroxyl groups excluding tert-OH is 1. The van der Waals surface area contributed by atoms with Gasteiger partial charge in [-0.15, -0.1) is 0 Å². The second-order valence-electron chi connectivity index (χ2n) is 18.6. The SMILES string of the molecule is FC(F)(F)c1cc(Cn2nccn2)cnc1Cl.FC(F)(F)c1cc(I)cnc1Cl.FC1(F)CCCN(Cc2cnc(Cl)c(C(F)(F)F)c2)C1.O=Cc1cnc(Cl)c(C(F)(F)F)c1.O=c1[nH]cc(I)cc1C(F)(F)F.O=c1[nH]cccc1C(F)(F)F.OCc1cnc(Cl)c(C(F)(F)F)c1. The molecule has 0 spiro atoms. The van der Waals surface area contributed by atoms with E-state index >= 15 is 0 Å². The molecular formula is C53H35Cl5F23I2N11O4. The van der Waals surface area contributed by atoms with Gasteiger partial charge in [0.1, 0.15) is 36.9 Å². The predicted molar refractivity (Wildman–Crippen MR) is 321 cm³/mol. The van der Waals surface area contributed by atoms with E-state index in [2.05, 4.69) is 35.1 Å². The number of nitrogens with zero attached hydrogens (tertiary/aromatic N) is 9. The summed E-state index contributed by atoms with van der Waals surface area (Å²) in [5, 5.41) is 13.2. The highest BCUT2D eigenvalue weighted by Gasteiger charge is 2.40. The van der Waals surface area contributed by atoms with Gasteiger partial charge in [0.05, 0.1) is 59.9 Å². The molecule has 1 saturated heterocycles. The fourth-order valence-electron chi connectivity index (χ4n) is 6.92. The molecule has 0 bridgehead atoms. The first-order chi connectivity index (χ1) is 44.9. The molecule has 0 atom stereocenters. The zero-order valence-corrected chi connectivity index (χ0v) is 55.5. The maximum Gasteiger partial charge on any atom is 0.421 e. The van der Waals surface area contributed by atoms with Gasteiger partial charge in [-0.2, -0.15) is 107 Å². The van der Waals surface area contributed by atoms with Crippen molar-refractivity contribution in [3.63, 3.8) is 0 Å². The molecule has 0 amide bonds. The lowest BCUT2D eigenvalue weighted by atomic mass is 10.1. The summed E-state index contributed by atoms with van der Waals surface area (Å²) in [5.41, 5.74) is -9.08. The summed E-state index contributed by atoms with van der Waals surface area (Å²) in [6.07, 6.45) is -20.3. The monoisotopic (exact) mass is 1750 g/mol. The van der Waals surface area contributed by atoms with Crippen molar-refractivity contribution in [1.29, 1.82) is 0 Å². The van der Waals surface area contributed by atoms with Crippen molar-refractivity contribution >= 4 is 109 Å². The number of carbonyl (C=O) groups is 1. The Morgan fingerprint density at radius 3 is 1.27 bits per heavy atom. The van der Waals surface area contributed by atoms with Crippen molar-refractivity contribution in [3.05, 3.63) is 219 Å². The van der Waals surface area contributed by atoms with Gasteiger partial charge in [-0.3, -0.25) is 19.3 Å². The van der Waals surface area contributed by atoms with E-state index < -0.39 is 138 Å². The number of aldehydes is 1. The van der Waals surface area contributed by atoms with Crippen molar-refractivity contribution in [2.24, 2.45) is 0 Å². The van der Waals surface area contributed by atoms with Crippen molar-refractivity contribution in [3.8, 4) is 0 Å². The van der Waals surface area contributed by atoms with Crippen LogP contribution in [0.1, 0.15) is 78.8 Å². The molecule has 8 aromatic heterocycles. The van der Waals surface area contributed by atoms with Crippen LogP contribution in [0.3, 0.4) is 0 Å². The summed E-state index contributed by atoms with van der Waals surface area (Å²) in [4.78, 5) is 54.8. The van der Waals surface area contributed by atoms with Crippen LogP contribution >= 0.6 is 103 Å². The summed E-state index contributed by atoms with van der Waals surface area (Å²) in [7, 11) is 0. The van der Waals surface area contributed by atoms with E-state index in [4.69, 9.17) is 63.1 Å². The molecule has 0 aromatic carbocycles. The third-order valence-corrected chi connectivity index (χ3v) is 13.9. The van der Waals surface area contributed by atoms with Gasteiger partial charge in [0.2, 0.25) is 0 Å². The van der Waals surface area contributed by atoms with E-state index in [1.807, 2.05) is 9.97 Å². The van der Waals surface area contributed by atoms with Crippen LogP contribution in [0.25, 0.3) is 0 Å². The molecule has 0 radical (unpaired) electrons. The number of hydrogen-bond donors (Lipinski definition) is 3. The summed E-state index contributed by atoms with van der Waals surface area (Å²) < 4.78 is 284. The average Bonchev–Trinajstić information content (AvgIpc) is 1.00. The molecule has 8 aromatic rings. The smallest absolute Gasteiger partial charge is 0.392 e. The van der Waals surface area contributed by atoms with Gasteiger partial charge in [-0.25, -0.2) is 33.7 Å². The van der Waals surface area contributed by atoms with Gasteiger partial charge in [0.15, 0.2) is 6.29 Å². The topological polar surface area (TPSA) is 201 Å². The molecule has 45 heteroatoms. The summed E-state index contributed by atoms with van der Waals surface area (Å²) >= 11 is 29.9. The van der Waals surface area contributed by atoms with Gasteiger partial charge >= 0.3 is 43.2 Å². The van der Waals surface area contributed by atoms with Crippen LogP contribution in [0, 0.1) is 7.14 Å². The Kier molecular flexibility index (Phi) is 31.8. The van der Waals surface area contributed by atoms with E-state index in [1.165, 1.54) is 46.9 Å². The fraction of sp³-hybridized carbons (Fsp3) is 0.283. The fourth-order valence-corrected chi connectivity index (χ4v) is 8.89. The van der Waals surface area contributed by atoms with E-state index in [-0.39, 0.29) is 42.5 Å². The number of likely N-dealkylation sites (tertiary alicyclic amines) is 1. The highest BCUT2D eigenvalue weighted by molar-refractivity contribution is 14.1. The van der Waals surface area contributed by atoms with Gasteiger partial charge in [0.25, 0.3) is 17.0 Å². The molecular weight excluding hydrogens is 1720 g/mol. The van der Waals surface area contributed by atoms with Gasteiger partial charge in [0, 0.05) is 69.0 Å². The summed E-state index contributed by atoms with van der Waals surface area (Å²) in [6.45, 7) is -0.396. The Morgan fingerprint density at radius 2 is 0.878 bits per heavy atom. The molecule has 1 aliphatic heterocycles. The number of hydrogen-bond acceptors (Lipinski definition) is 12. The quantitative estimate of drug-likeness (QED) is 0.0616. The van der Waals surface area contributed by atoms with Crippen LogP contribution in [0.5, 0.6) is 0 Å². The zero-order chi connectivity index (χ0) is 74.7. The minimum atomic E-state index is -4.61. The Morgan fingerprint density at radius 1 is 0.500 bits per heavy atom. The number of alkyl halides is 23. The molecule has 98 heavy (non-hydrogen) atoms. The van der Waals surface area contributed by atoms with Crippen molar-refractivity contribution in [2.45, 2.75) is 81.7 Å². The standard InChI is InChI=1S/C12H12ClF5N2.C9H6ClF3N4.C7H5ClF3NO.C7H3ClF3NO.C6H2ClF3IN.C6H3F3INO.C6H4F3NO/c13-10-9(12(16,17)18)4-8(5-19-10)6-20-3-1-2-11(14,15)7-20;10-8-7(9(11,12)13)3-6(4-14-8)5-17-15-1-2-16-17;2*8-6-5(7(9,10)11)1-4(3-13)2-12-6;7-5-4(6(8,9)10)1-3(11)2-12-5;7-6(8,9)4-1-3(10)2-11-5(4)12;7-6(8,9)4-2-1-3-10-5(4)11/h4-5H,1-3,6-7H2;1-4H,5H2;1-2,13H,3H2;1-3H;1-2H;1-2H,(H,11,12);1-3H,(H,10,11). The van der Waals surface area contributed by atoms with Crippen LogP contribution in [-0.4, -0.2) is 85.2 Å². The Hall–Kier alpha value is -6.32.